The van der Waals surface area contributed by atoms with Crippen molar-refractivity contribution in [3.63, 3.8) is 0 Å². The molecular formula is C11H20. The third-order valence-electron chi connectivity index (χ3n) is 5.04. The Morgan fingerprint density at radius 1 is 1.27 bits per heavy atom. The Kier molecular flexibility index (Phi) is 1.41. The molecule has 0 N–H and O–H groups in total. The van der Waals surface area contributed by atoms with Crippen molar-refractivity contribution in [2.75, 3.05) is 0 Å². The van der Waals surface area contributed by atoms with Gasteiger partial charge in [0.15, 0.2) is 0 Å². The van der Waals surface area contributed by atoms with E-state index in [1.165, 1.54) is 12.8 Å². The summed E-state index contributed by atoms with van der Waals surface area (Å²) < 4.78 is 0. The fourth-order valence-electron chi connectivity index (χ4n) is 3.63. The molecule has 0 amide bonds. The second-order valence-electron chi connectivity index (χ2n) is 4.95. The summed E-state index contributed by atoms with van der Waals surface area (Å²) in [7, 11) is 0. The van der Waals surface area contributed by atoms with Gasteiger partial charge in [-0.25, -0.2) is 0 Å². The summed E-state index contributed by atoms with van der Waals surface area (Å²) in [4.78, 5) is 0. The lowest BCUT2D eigenvalue weighted by Crippen LogP contribution is -2.15. The first kappa shape index (κ1) is 7.64. The monoisotopic (exact) mass is 152 g/mol. The van der Waals surface area contributed by atoms with Crippen LogP contribution in [0.5, 0.6) is 0 Å². The zero-order valence-corrected chi connectivity index (χ0v) is 8.22. The minimum absolute atomic E-state index is 0.751. The highest BCUT2D eigenvalue weighted by molar-refractivity contribution is 5.14. The predicted molar refractivity (Wildman–Crippen MR) is 48.3 cm³/mol. The molecular weight excluding hydrogens is 132 g/mol. The van der Waals surface area contributed by atoms with E-state index in [0.717, 1.165) is 29.1 Å². The zero-order valence-electron chi connectivity index (χ0n) is 8.22. The smallest absolute Gasteiger partial charge is 0.0238 e. The summed E-state index contributed by atoms with van der Waals surface area (Å²) >= 11 is 0. The van der Waals surface area contributed by atoms with Crippen LogP contribution in [0.15, 0.2) is 0 Å². The highest BCUT2D eigenvalue weighted by atomic mass is 14.7. The second-order valence-corrected chi connectivity index (χ2v) is 4.95. The van der Waals surface area contributed by atoms with Crippen molar-refractivity contribution in [2.24, 2.45) is 29.1 Å². The maximum absolute atomic E-state index is 2.50. The molecule has 0 aliphatic heterocycles. The van der Waals surface area contributed by atoms with Crippen molar-refractivity contribution < 1.29 is 0 Å². The van der Waals surface area contributed by atoms with Gasteiger partial charge < -0.3 is 0 Å². The van der Waals surface area contributed by atoms with Crippen LogP contribution in [0, 0.1) is 29.1 Å². The number of rotatable bonds is 1. The second kappa shape index (κ2) is 2.02. The van der Waals surface area contributed by atoms with Crippen LogP contribution < -0.4 is 0 Å². The molecule has 0 heterocycles. The molecule has 2 aliphatic rings. The van der Waals surface area contributed by atoms with Crippen LogP contribution in [-0.4, -0.2) is 0 Å². The Bertz CT molecular complexity index is 173. The van der Waals surface area contributed by atoms with E-state index in [-0.39, 0.29) is 0 Å². The normalized spacial score (nSPS) is 61.1. The lowest BCUT2D eigenvalue weighted by atomic mass is 9.82. The number of fused-ring (bicyclic) bond motifs is 1. The zero-order chi connectivity index (χ0) is 8.22. The average molecular weight is 152 g/mol. The lowest BCUT2D eigenvalue weighted by Gasteiger charge is -2.23. The van der Waals surface area contributed by atoms with Gasteiger partial charge in [0.25, 0.3) is 0 Å². The molecule has 0 radical (unpaired) electrons. The standard InChI is InChI=1S/C11H20/c1-5-9-6-10-8(3)11(10,4)7(9)2/h7-10H,5-6H2,1-4H3. The molecule has 2 fully saturated rings. The Labute approximate surface area is 70.4 Å². The molecule has 0 bridgehead atoms. The van der Waals surface area contributed by atoms with Gasteiger partial charge in [0, 0.05) is 0 Å². The molecule has 2 rings (SSSR count). The van der Waals surface area contributed by atoms with Gasteiger partial charge >= 0.3 is 0 Å². The number of hydrogen-bond donors (Lipinski definition) is 0. The minimum atomic E-state index is 0.751. The van der Waals surface area contributed by atoms with E-state index < -0.39 is 0 Å². The summed E-state index contributed by atoms with van der Waals surface area (Å²) in [5, 5.41) is 0. The van der Waals surface area contributed by atoms with Crippen LogP contribution in [0.2, 0.25) is 0 Å². The van der Waals surface area contributed by atoms with Gasteiger partial charge in [-0.1, -0.05) is 34.1 Å². The summed E-state index contributed by atoms with van der Waals surface area (Å²) in [6.45, 7) is 9.76. The Hall–Kier alpha value is 0. The SMILES string of the molecule is CCC1CC2C(C)C2(C)C1C. The molecule has 0 spiro atoms. The number of hydrogen-bond acceptors (Lipinski definition) is 0. The highest BCUT2D eigenvalue weighted by Crippen LogP contribution is 2.72. The fraction of sp³-hybridized carbons (Fsp3) is 1.00. The first-order chi connectivity index (χ1) is 5.12. The fourth-order valence-corrected chi connectivity index (χ4v) is 3.63. The molecule has 11 heavy (non-hydrogen) atoms. The van der Waals surface area contributed by atoms with Gasteiger partial charge in [-0.15, -0.1) is 0 Å². The van der Waals surface area contributed by atoms with Crippen LogP contribution in [0.3, 0.4) is 0 Å². The molecule has 5 atom stereocenters. The van der Waals surface area contributed by atoms with Crippen LogP contribution >= 0.6 is 0 Å². The predicted octanol–water partition coefficient (Wildman–Crippen LogP) is 3.32. The Morgan fingerprint density at radius 2 is 1.91 bits per heavy atom. The first-order valence-corrected chi connectivity index (χ1v) is 5.12. The average Bonchev–Trinajstić information content (AvgIpc) is 2.37. The molecule has 0 aromatic heterocycles. The van der Waals surface area contributed by atoms with E-state index >= 15 is 0 Å². The maximum atomic E-state index is 2.50. The third kappa shape index (κ3) is 0.711. The maximum Gasteiger partial charge on any atom is -0.0238 e. The first-order valence-electron chi connectivity index (χ1n) is 5.12. The molecule has 5 unspecified atom stereocenters. The summed E-state index contributed by atoms with van der Waals surface area (Å²) in [6, 6.07) is 0. The van der Waals surface area contributed by atoms with Crippen molar-refractivity contribution in [2.45, 2.75) is 40.5 Å². The highest BCUT2D eigenvalue weighted by Gasteiger charge is 2.66. The lowest BCUT2D eigenvalue weighted by molar-refractivity contribution is 0.262. The molecule has 0 heteroatoms. The molecule has 0 saturated heterocycles. The summed E-state index contributed by atoms with van der Waals surface area (Å²) in [5.74, 6) is 4.15. The molecule has 0 aromatic carbocycles. The van der Waals surface area contributed by atoms with Gasteiger partial charge in [0.2, 0.25) is 0 Å². The van der Waals surface area contributed by atoms with Gasteiger partial charge in [0.1, 0.15) is 0 Å². The third-order valence-corrected chi connectivity index (χ3v) is 5.04. The largest absolute Gasteiger partial charge is 0.0651 e. The topological polar surface area (TPSA) is 0 Å². The van der Waals surface area contributed by atoms with Gasteiger partial charge in [-0.3, -0.25) is 0 Å². The van der Waals surface area contributed by atoms with Crippen molar-refractivity contribution in [1.82, 2.24) is 0 Å². The quantitative estimate of drug-likeness (QED) is 0.540. The summed E-state index contributed by atoms with van der Waals surface area (Å²) in [5.41, 5.74) is 0.751. The molecule has 2 aliphatic carbocycles. The van der Waals surface area contributed by atoms with E-state index in [0.29, 0.717) is 0 Å². The Balaban J connectivity index is 2.13. The van der Waals surface area contributed by atoms with E-state index in [9.17, 15) is 0 Å². The van der Waals surface area contributed by atoms with E-state index in [1.54, 1.807) is 0 Å². The van der Waals surface area contributed by atoms with Crippen molar-refractivity contribution >= 4 is 0 Å². The van der Waals surface area contributed by atoms with Crippen molar-refractivity contribution in [1.29, 1.82) is 0 Å². The van der Waals surface area contributed by atoms with Crippen molar-refractivity contribution in [3.05, 3.63) is 0 Å². The minimum Gasteiger partial charge on any atom is -0.0651 e. The van der Waals surface area contributed by atoms with Crippen LogP contribution in [0.1, 0.15) is 40.5 Å². The van der Waals surface area contributed by atoms with E-state index in [4.69, 9.17) is 0 Å². The van der Waals surface area contributed by atoms with E-state index in [1.807, 2.05) is 0 Å². The summed E-state index contributed by atoms with van der Waals surface area (Å²) in [6.07, 6.45) is 2.93. The molecule has 64 valence electrons. The van der Waals surface area contributed by atoms with Gasteiger partial charge in [-0.05, 0) is 35.5 Å². The Morgan fingerprint density at radius 3 is 2.27 bits per heavy atom. The van der Waals surface area contributed by atoms with Crippen LogP contribution in [0.4, 0.5) is 0 Å². The van der Waals surface area contributed by atoms with Crippen molar-refractivity contribution in [3.8, 4) is 0 Å². The van der Waals surface area contributed by atoms with Gasteiger partial charge in [0.05, 0.1) is 0 Å². The molecule has 0 aromatic rings. The molecule has 2 saturated carbocycles. The van der Waals surface area contributed by atoms with E-state index in [2.05, 4.69) is 27.7 Å². The molecule has 0 nitrogen and oxygen atoms in total. The van der Waals surface area contributed by atoms with Crippen LogP contribution in [0.25, 0.3) is 0 Å². The van der Waals surface area contributed by atoms with Gasteiger partial charge in [-0.2, -0.15) is 0 Å². The van der Waals surface area contributed by atoms with Crippen LogP contribution in [-0.2, 0) is 0 Å².